The molecule has 2 N–H and O–H groups in total. The number of hydrogen-bond donors (Lipinski definition) is 1. The molecule has 1 aliphatic heterocycles. The molecule has 0 atom stereocenters. The number of piperazine rings is 1. The highest BCUT2D eigenvalue weighted by molar-refractivity contribution is 5.84. The molecule has 1 saturated heterocycles. The molecule has 0 radical (unpaired) electrons. The van der Waals surface area contributed by atoms with Crippen LogP contribution in [0, 0.1) is 6.92 Å². The smallest absolute Gasteiger partial charge is 0.221 e. The maximum atomic E-state index is 11.5. The van der Waals surface area contributed by atoms with Crippen LogP contribution in [0.5, 0.6) is 0 Å². The van der Waals surface area contributed by atoms with E-state index in [4.69, 9.17) is 10.7 Å². The van der Waals surface area contributed by atoms with E-state index in [1.807, 2.05) is 43.6 Å². The molecule has 2 aromatic heterocycles. The van der Waals surface area contributed by atoms with Crippen LogP contribution in [0.3, 0.4) is 0 Å². The molecule has 0 aliphatic carbocycles. The van der Waals surface area contributed by atoms with Gasteiger partial charge in [-0.3, -0.25) is 14.8 Å². The summed E-state index contributed by atoms with van der Waals surface area (Å²) in [5, 5.41) is 0. The highest BCUT2D eigenvalue weighted by atomic mass is 16.1. The second-order valence-corrected chi connectivity index (χ2v) is 8.03. The Morgan fingerprint density at radius 1 is 1.00 bits per heavy atom. The summed E-state index contributed by atoms with van der Waals surface area (Å²) in [4.78, 5) is 25.4. The third-order valence-corrected chi connectivity index (χ3v) is 5.88. The highest BCUT2D eigenvalue weighted by Gasteiger charge is 2.17. The van der Waals surface area contributed by atoms with E-state index >= 15 is 0 Å². The Bertz CT molecular complexity index is 1060. The van der Waals surface area contributed by atoms with Crippen LogP contribution in [0.2, 0.25) is 0 Å². The number of anilines is 1. The van der Waals surface area contributed by atoms with Gasteiger partial charge in [0.25, 0.3) is 0 Å². The van der Waals surface area contributed by atoms with E-state index in [1.54, 1.807) is 0 Å². The van der Waals surface area contributed by atoms with Gasteiger partial charge in [0.2, 0.25) is 5.91 Å². The summed E-state index contributed by atoms with van der Waals surface area (Å²) in [5.74, 6) is -0.340. The first-order valence-electron chi connectivity index (χ1n) is 10.8. The average molecular weight is 416 g/mol. The summed E-state index contributed by atoms with van der Waals surface area (Å²) >= 11 is 0. The number of amides is 1. The first kappa shape index (κ1) is 21.0. The number of hydrogen-bond acceptors (Lipinski definition) is 5. The second kappa shape index (κ2) is 9.27. The zero-order valence-electron chi connectivity index (χ0n) is 18.2. The lowest BCUT2D eigenvalue weighted by atomic mass is 9.94. The average Bonchev–Trinajstić information content (AvgIpc) is 2.79. The number of nitrogens with zero attached hydrogens (tertiary/aromatic N) is 4. The molecule has 31 heavy (non-hydrogen) atoms. The van der Waals surface area contributed by atoms with Crippen molar-refractivity contribution in [2.45, 2.75) is 20.3 Å². The first-order chi connectivity index (χ1) is 15.0. The van der Waals surface area contributed by atoms with Crippen molar-refractivity contribution in [1.29, 1.82) is 0 Å². The summed E-state index contributed by atoms with van der Waals surface area (Å²) in [5.41, 5.74) is 12.4. The summed E-state index contributed by atoms with van der Waals surface area (Å²) < 4.78 is 0. The number of nitrogens with two attached hydrogens (primary N) is 1. The highest BCUT2D eigenvalue weighted by Crippen LogP contribution is 2.33. The van der Waals surface area contributed by atoms with Gasteiger partial charge in [0.05, 0.1) is 24.0 Å². The molecule has 0 unspecified atom stereocenters. The van der Waals surface area contributed by atoms with Crippen molar-refractivity contribution in [3.05, 3.63) is 66.1 Å². The molecule has 0 saturated carbocycles. The van der Waals surface area contributed by atoms with E-state index in [0.29, 0.717) is 0 Å². The second-order valence-electron chi connectivity index (χ2n) is 8.03. The number of benzene rings is 1. The molecule has 3 heterocycles. The van der Waals surface area contributed by atoms with E-state index in [-0.39, 0.29) is 12.3 Å². The monoisotopic (exact) mass is 415 g/mol. The van der Waals surface area contributed by atoms with Crippen molar-refractivity contribution >= 4 is 11.6 Å². The summed E-state index contributed by atoms with van der Waals surface area (Å²) in [6, 6.07) is 14.3. The lowest BCUT2D eigenvalue weighted by Crippen LogP contribution is -2.46. The number of primary amides is 1. The van der Waals surface area contributed by atoms with Gasteiger partial charge in [0, 0.05) is 43.6 Å². The van der Waals surface area contributed by atoms with E-state index in [0.717, 1.165) is 72.1 Å². The van der Waals surface area contributed by atoms with Crippen molar-refractivity contribution < 1.29 is 4.79 Å². The molecule has 6 nitrogen and oxygen atoms in total. The van der Waals surface area contributed by atoms with Crippen LogP contribution in [0.4, 0.5) is 5.69 Å². The molecule has 6 heteroatoms. The largest absolute Gasteiger partial charge is 0.369 e. The lowest BCUT2D eigenvalue weighted by Gasteiger charge is -2.35. The third kappa shape index (κ3) is 4.91. The molecule has 1 amide bonds. The number of aromatic nitrogens is 2. The SMILES string of the molecule is CCN1CCN(c2ccc(-c3cc(CC(N)=O)ccc3-c3ccnc(C)c3)nc2)CC1. The van der Waals surface area contributed by atoms with E-state index in [1.165, 1.54) is 0 Å². The van der Waals surface area contributed by atoms with Gasteiger partial charge >= 0.3 is 0 Å². The third-order valence-electron chi connectivity index (χ3n) is 5.88. The van der Waals surface area contributed by atoms with Gasteiger partial charge in [0.15, 0.2) is 0 Å². The Morgan fingerprint density at radius 2 is 1.81 bits per heavy atom. The Balaban J connectivity index is 1.67. The zero-order chi connectivity index (χ0) is 21.8. The minimum absolute atomic E-state index is 0.211. The van der Waals surface area contributed by atoms with Crippen molar-refractivity contribution in [2.24, 2.45) is 5.73 Å². The fourth-order valence-electron chi connectivity index (χ4n) is 4.13. The van der Waals surface area contributed by atoms with Gasteiger partial charge in [-0.25, -0.2) is 0 Å². The number of likely N-dealkylation sites (N-methyl/N-ethyl adjacent to an activating group) is 1. The summed E-state index contributed by atoms with van der Waals surface area (Å²) in [6.45, 7) is 9.49. The van der Waals surface area contributed by atoms with Gasteiger partial charge in [-0.05, 0) is 60.5 Å². The molecule has 160 valence electrons. The van der Waals surface area contributed by atoms with Gasteiger partial charge in [0.1, 0.15) is 0 Å². The maximum absolute atomic E-state index is 11.5. The van der Waals surface area contributed by atoms with Crippen LogP contribution >= 0.6 is 0 Å². The molecule has 1 fully saturated rings. The minimum Gasteiger partial charge on any atom is -0.369 e. The first-order valence-corrected chi connectivity index (χ1v) is 10.8. The van der Waals surface area contributed by atoms with Crippen molar-refractivity contribution in [2.75, 3.05) is 37.6 Å². The fraction of sp³-hybridized carbons (Fsp3) is 0.320. The number of carbonyl (C=O) groups excluding carboxylic acids is 1. The number of rotatable bonds is 6. The quantitative estimate of drug-likeness (QED) is 0.669. The van der Waals surface area contributed by atoms with Gasteiger partial charge < -0.3 is 15.5 Å². The van der Waals surface area contributed by atoms with E-state index < -0.39 is 0 Å². The van der Waals surface area contributed by atoms with Crippen LogP contribution in [-0.2, 0) is 11.2 Å². The van der Waals surface area contributed by atoms with Crippen molar-refractivity contribution in [3.63, 3.8) is 0 Å². The number of carbonyl (C=O) groups is 1. The molecule has 3 aromatic rings. The van der Waals surface area contributed by atoms with Crippen LogP contribution < -0.4 is 10.6 Å². The number of pyridine rings is 2. The summed E-state index contributed by atoms with van der Waals surface area (Å²) in [7, 11) is 0. The van der Waals surface area contributed by atoms with Crippen molar-refractivity contribution in [3.8, 4) is 22.4 Å². The fourth-order valence-corrected chi connectivity index (χ4v) is 4.13. The standard InChI is InChI=1S/C25H29N5O/c1-3-29-10-12-30(13-11-29)21-5-7-24(28-17-21)23-15-19(16-25(26)31)4-6-22(23)20-8-9-27-18(2)14-20/h4-9,14-15,17H,3,10-13,16H2,1-2H3,(H2,26,31). The number of aryl methyl sites for hydroxylation is 1. The Kier molecular flexibility index (Phi) is 6.28. The maximum Gasteiger partial charge on any atom is 0.221 e. The lowest BCUT2D eigenvalue weighted by molar-refractivity contribution is -0.117. The van der Waals surface area contributed by atoms with E-state index in [2.05, 4.69) is 39.9 Å². The molecule has 0 spiro atoms. The van der Waals surface area contributed by atoms with E-state index in [9.17, 15) is 4.79 Å². The molecule has 4 rings (SSSR count). The van der Waals surface area contributed by atoms with Gasteiger partial charge in [-0.15, -0.1) is 0 Å². The zero-order valence-corrected chi connectivity index (χ0v) is 18.2. The molecule has 1 aromatic carbocycles. The molecule has 1 aliphatic rings. The summed E-state index contributed by atoms with van der Waals surface area (Å²) in [6.07, 6.45) is 3.99. The Hall–Kier alpha value is -3.25. The molecule has 0 bridgehead atoms. The van der Waals surface area contributed by atoms with Crippen LogP contribution in [-0.4, -0.2) is 53.5 Å². The Morgan fingerprint density at radius 3 is 2.45 bits per heavy atom. The Labute approximate surface area is 183 Å². The van der Waals surface area contributed by atoms with Crippen LogP contribution in [0.1, 0.15) is 18.2 Å². The van der Waals surface area contributed by atoms with Gasteiger partial charge in [-0.2, -0.15) is 0 Å². The predicted molar refractivity (Wildman–Crippen MR) is 125 cm³/mol. The molecular weight excluding hydrogens is 386 g/mol. The van der Waals surface area contributed by atoms with Crippen LogP contribution in [0.15, 0.2) is 54.9 Å². The van der Waals surface area contributed by atoms with Gasteiger partial charge in [-0.1, -0.05) is 19.1 Å². The predicted octanol–water partition coefficient (Wildman–Crippen LogP) is 3.29. The van der Waals surface area contributed by atoms with Crippen LogP contribution in [0.25, 0.3) is 22.4 Å². The molecular formula is C25H29N5O. The van der Waals surface area contributed by atoms with Crippen molar-refractivity contribution in [1.82, 2.24) is 14.9 Å². The minimum atomic E-state index is -0.340. The normalized spacial score (nSPS) is 14.6. The topological polar surface area (TPSA) is 75.3 Å².